The van der Waals surface area contributed by atoms with Crippen molar-refractivity contribution in [3.63, 3.8) is 0 Å². The number of aromatic nitrogens is 3. The van der Waals surface area contributed by atoms with Gasteiger partial charge in [0.15, 0.2) is 0 Å². The van der Waals surface area contributed by atoms with Gasteiger partial charge < -0.3 is 4.98 Å². The van der Waals surface area contributed by atoms with Crippen LogP contribution in [-0.4, -0.2) is 15.0 Å². The minimum atomic E-state index is 0.540. The Hall–Kier alpha value is -1.39. The fourth-order valence-electron chi connectivity index (χ4n) is 1.77. The van der Waals surface area contributed by atoms with E-state index < -0.39 is 0 Å². The van der Waals surface area contributed by atoms with E-state index in [2.05, 4.69) is 30.9 Å². The van der Waals surface area contributed by atoms with Crippen molar-refractivity contribution in [3.8, 4) is 11.3 Å². The lowest BCUT2D eigenvalue weighted by molar-refractivity contribution is 1.20. The van der Waals surface area contributed by atoms with Gasteiger partial charge >= 0.3 is 0 Å². The Labute approximate surface area is 111 Å². The Kier molecular flexibility index (Phi) is 2.61. The number of halogens is 2. The van der Waals surface area contributed by atoms with Gasteiger partial charge in [0.1, 0.15) is 17.1 Å². The Morgan fingerprint density at radius 2 is 1.88 bits per heavy atom. The van der Waals surface area contributed by atoms with Crippen LogP contribution in [0.5, 0.6) is 0 Å². The minimum absolute atomic E-state index is 0.540. The molecular formula is C12H7BrClN3. The molecule has 3 aromatic rings. The van der Waals surface area contributed by atoms with Crippen molar-refractivity contribution in [2.24, 2.45) is 0 Å². The van der Waals surface area contributed by atoms with Crippen LogP contribution in [0.1, 0.15) is 0 Å². The third kappa shape index (κ3) is 1.73. The Bertz CT molecular complexity index is 679. The molecule has 0 aliphatic carbocycles. The molecule has 0 fully saturated rings. The van der Waals surface area contributed by atoms with Crippen LogP contribution in [0.15, 0.2) is 41.1 Å². The second-order valence-electron chi connectivity index (χ2n) is 3.56. The fraction of sp³-hybridized carbons (Fsp3) is 0. The zero-order valence-electron chi connectivity index (χ0n) is 8.61. The van der Waals surface area contributed by atoms with Crippen LogP contribution < -0.4 is 0 Å². The number of benzene rings is 1. The van der Waals surface area contributed by atoms with Crippen LogP contribution in [-0.2, 0) is 0 Å². The van der Waals surface area contributed by atoms with Crippen molar-refractivity contribution >= 4 is 38.6 Å². The second kappa shape index (κ2) is 4.13. The number of H-pyrrole nitrogens is 1. The number of nitrogens with one attached hydrogen (secondary N) is 1. The number of fused-ring (bicyclic) bond motifs is 1. The zero-order valence-corrected chi connectivity index (χ0v) is 11.0. The van der Waals surface area contributed by atoms with Gasteiger partial charge in [0.2, 0.25) is 0 Å². The summed E-state index contributed by atoms with van der Waals surface area (Å²) in [6.07, 6.45) is 1.53. The summed E-state index contributed by atoms with van der Waals surface area (Å²) in [5.41, 5.74) is 2.64. The van der Waals surface area contributed by atoms with Gasteiger partial charge in [-0.15, -0.1) is 0 Å². The molecule has 0 saturated carbocycles. The van der Waals surface area contributed by atoms with Gasteiger partial charge in [0, 0.05) is 5.56 Å². The molecule has 1 N–H and O–H groups in total. The van der Waals surface area contributed by atoms with Crippen molar-refractivity contribution in [2.45, 2.75) is 0 Å². The predicted molar refractivity (Wildman–Crippen MR) is 72.0 cm³/mol. The average Bonchev–Trinajstić information content (AvgIpc) is 2.66. The van der Waals surface area contributed by atoms with Crippen LogP contribution in [0.4, 0.5) is 0 Å². The number of aromatic amines is 1. The van der Waals surface area contributed by atoms with E-state index in [1.165, 1.54) is 6.33 Å². The highest BCUT2D eigenvalue weighted by atomic mass is 79.9. The number of hydrogen-bond donors (Lipinski definition) is 1. The molecule has 84 valence electrons. The summed E-state index contributed by atoms with van der Waals surface area (Å²) in [5, 5.41) is 1.45. The summed E-state index contributed by atoms with van der Waals surface area (Å²) >= 11 is 9.50. The first-order chi connectivity index (χ1) is 8.27. The lowest BCUT2D eigenvalue weighted by atomic mass is 10.1. The minimum Gasteiger partial charge on any atom is -0.329 e. The SMILES string of the molecule is Clc1[nH]c2ncnc(-c3ccccc3)c2c1Br. The molecule has 2 heterocycles. The highest BCUT2D eigenvalue weighted by Crippen LogP contribution is 2.35. The normalized spacial score (nSPS) is 10.9. The van der Waals surface area contributed by atoms with Crippen LogP contribution in [0, 0.1) is 0 Å². The van der Waals surface area contributed by atoms with E-state index >= 15 is 0 Å². The molecule has 5 heteroatoms. The smallest absolute Gasteiger partial charge is 0.143 e. The summed E-state index contributed by atoms with van der Waals surface area (Å²) in [7, 11) is 0. The Morgan fingerprint density at radius 3 is 2.65 bits per heavy atom. The highest BCUT2D eigenvalue weighted by molar-refractivity contribution is 9.10. The first-order valence-electron chi connectivity index (χ1n) is 5.00. The summed E-state index contributed by atoms with van der Waals surface area (Å²) < 4.78 is 0.800. The third-order valence-electron chi connectivity index (χ3n) is 2.53. The van der Waals surface area contributed by atoms with E-state index in [9.17, 15) is 0 Å². The lowest BCUT2D eigenvalue weighted by Crippen LogP contribution is -1.87. The molecule has 0 amide bonds. The van der Waals surface area contributed by atoms with Crippen LogP contribution in [0.2, 0.25) is 5.15 Å². The third-order valence-corrected chi connectivity index (χ3v) is 3.84. The molecule has 0 radical (unpaired) electrons. The molecule has 3 nitrogen and oxygen atoms in total. The zero-order chi connectivity index (χ0) is 11.8. The molecule has 17 heavy (non-hydrogen) atoms. The van der Waals surface area contributed by atoms with Crippen molar-refractivity contribution in [3.05, 3.63) is 46.3 Å². The van der Waals surface area contributed by atoms with E-state index in [0.29, 0.717) is 5.15 Å². The molecule has 0 aliphatic rings. The summed E-state index contributed by atoms with van der Waals surface area (Å²) in [4.78, 5) is 11.5. The molecule has 0 saturated heterocycles. The summed E-state index contributed by atoms with van der Waals surface area (Å²) in [5.74, 6) is 0. The quantitative estimate of drug-likeness (QED) is 0.737. The van der Waals surface area contributed by atoms with Gasteiger partial charge in [-0.05, 0) is 15.9 Å². The molecule has 0 aliphatic heterocycles. The van der Waals surface area contributed by atoms with Crippen molar-refractivity contribution in [1.29, 1.82) is 0 Å². The van der Waals surface area contributed by atoms with Gasteiger partial charge in [0.25, 0.3) is 0 Å². The maximum absolute atomic E-state index is 6.04. The summed E-state index contributed by atoms with van der Waals surface area (Å²) in [6.45, 7) is 0. The van der Waals surface area contributed by atoms with E-state index in [0.717, 1.165) is 26.8 Å². The Morgan fingerprint density at radius 1 is 1.12 bits per heavy atom. The topological polar surface area (TPSA) is 41.6 Å². The van der Waals surface area contributed by atoms with Gasteiger partial charge in [0.05, 0.1) is 15.6 Å². The van der Waals surface area contributed by atoms with Gasteiger partial charge in [-0.3, -0.25) is 0 Å². The molecule has 0 unspecified atom stereocenters. The molecule has 0 bridgehead atoms. The largest absolute Gasteiger partial charge is 0.329 e. The van der Waals surface area contributed by atoms with Crippen LogP contribution in [0.25, 0.3) is 22.3 Å². The molecule has 2 aromatic heterocycles. The van der Waals surface area contributed by atoms with Crippen molar-refractivity contribution in [1.82, 2.24) is 15.0 Å². The van der Waals surface area contributed by atoms with Gasteiger partial charge in [-0.2, -0.15) is 0 Å². The fourth-order valence-corrected chi connectivity index (χ4v) is 2.43. The number of rotatable bonds is 1. The Balaban J connectivity index is 2.37. The van der Waals surface area contributed by atoms with Crippen molar-refractivity contribution < 1.29 is 0 Å². The molecule has 0 atom stereocenters. The average molecular weight is 309 g/mol. The maximum Gasteiger partial charge on any atom is 0.143 e. The molecular weight excluding hydrogens is 302 g/mol. The van der Waals surface area contributed by atoms with Gasteiger partial charge in [-0.25, -0.2) is 9.97 Å². The first kappa shape index (κ1) is 10.7. The number of nitrogens with zero attached hydrogens (tertiary/aromatic N) is 2. The predicted octanol–water partition coefficient (Wildman–Crippen LogP) is 4.04. The van der Waals surface area contributed by atoms with E-state index in [-0.39, 0.29) is 0 Å². The molecule has 0 spiro atoms. The monoisotopic (exact) mass is 307 g/mol. The molecule has 3 rings (SSSR count). The van der Waals surface area contributed by atoms with Crippen LogP contribution in [0.3, 0.4) is 0 Å². The lowest BCUT2D eigenvalue weighted by Gasteiger charge is -2.01. The maximum atomic E-state index is 6.04. The number of hydrogen-bond acceptors (Lipinski definition) is 2. The van der Waals surface area contributed by atoms with Crippen molar-refractivity contribution in [2.75, 3.05) is 0 Å². The second-order valence-corrected chi connectivity index (χ2v) is 4.74. The van der Waals surface area contributed by atoms with E-state index in [1.807, 2.05) is 30.3 Å². The van der Waals surface area contributed by atoms with E-state index in [1.54, 1.807) is 0 Å². The standard InChI is InChI=1S/C12H7BrClN3/c13-9-8-10(7-4-2-1-3-5-7)15-6-16-12(8)17-11(9)14/h1-6H,(H,15,16,17). The van der Waals surface area contributed by atoms with Gasteiger partial charge in [-0.1, -0.05) is 41.9 Å². The van der Waals surface area contributed by atoms with Crippen LogP contribution >= 0.6 is 27.5 Å². The van der Waals surface area contributed by atoms with E-state index in [4.69, 9.17) is 11.6 Å². The first-order valence-corrected chi connectivity index (χ1v) is 6.17. The highest BCUT2D eigenvalue weighted by Gasteiger charge is 2.14. The molecule has 1 aromatic carbocycles. The summed E-state index contributed by atoms with van der Waals surface area (Å²) in [6, 6.07) is 9.95.